The number of nitrogens with one attached hydrogen (secondary N) is 1. The Kier molecular flexibility index (Phi) is 3.99. The van der Waals surface area contributed by atoms with Gasteiger partial charge in [-0.3, -0.25) is 4.79 Å². The van der Waals surface area contributed by atoms with Gasteiger partial charge in [0.1, 0.15) is 0 Å². The minimum atomic E-state index is -0.00448. The predicted molar refractivity (Wildman–Crippen MR) is 78.8 cm³/mol. The fraction of sp³-hybridized carbons (Fsp3) is 0.438. The summed E-state index contributed by atoms with van der Waals surface area (Å²) in [5, 5.41) is 6.87. The average molecular weight is 285 g/mol. The van der Waals surface area contributed by atoms with E-state index in [0.717, 1.165) is 18.4 Å². The van der Waals surface area contributed by atoms with Crippen LogP contribution in [0.2, 0.25) is 0 Å². The van der Waals surface area contributed by atoms with E-state index in [1.165, 1.54) is 19.3 Å². The Morgan fingerprint density at radius 1 is 1.19 bits per heavy atom. The van der Waals surface area contributed by atoms with Crippen LogP contribution in [0.4, 0.5) is 0 Å². The second kappa shape index (κ2) is 6.08. The molecule has 1 amide bonds. The molecule has 1 fully saturated rings. The van der Waals surface area contributed by atoms with Gasteiger partial charge in [0.25, 0.3) is 11.8 Å². The maximum absolute atomic E-state index is 12.2. The number of hydrogen-bond acceptors (Lipinski definition) is 4. The van der Waals surface area contributed by atoms with Gasteiger partial charge < -0.3 is 9.84 Å². The van der Waals surface area contributed by atoms with E-state index in [4.69, 9.17) is 4.52 Å². The van der Waals surface area contributed by atoms with E-state index in [0.29, 0.717) is 23.3 Å². The number of aryl methyl sites for hydroxylation is 1. The minimum absolute atomic E-state index is 0.00448. The van der Waals surface area contributed by atoms with Crippen LogP contribution < -0.4 is 5.32 Å². The van der Waals surface area contributed by atoms with Crippen LogP contribution in [0.3, 0.4) is 0 Å². The summed E-state index contributed by atoms with van der Waals surface area (Å²) in [6.07, 6.45) is 5.88. The molecule has 1 aromatic heterocycles. The lowest BCUT2D eigenvalue weighted by atomic mass is 9.95. The van der Waals surface area contributed by atoms with E-state index in [9.17, 15) is 4.79 Å². The van der Waals surface area contributed by atoms with E-state index in [1.54, 1.807) is 19.1 Å². The molecule has 5 nitrogen and oxygen atoms in total. The van der Waals surface area contributed by atoms with Gasteiger partial charge in [0.05, 0.1) is 0 Å². The Labute approximate surface area is 123 Å². The highest BCUT2D eigenvalue weighted by atomic mass is 16.5. The van der Waals surface area contributed by atoms with E-state index in [1.807, 2.05) is 12.1 Å². The lowest BCUT2D eigenvalue weighted by Gasteiger charge is -2.22. The molecule has 1 aromatic carbocycles. The Morgan fingerprint density at radius 3 is 2.52 bits per heavy atom. The van der Waals surface area contributed by atoms with Crippen LogP contribution >= 0.6 is 0 Å². The lowest BCUT2D eigenvalue weighted by Crippen LogP contribution is -2.36. The van der Waals surface area contributed by atoms with Gasteiger partial charge in [-0.2, -0.15) is 4.98 Å². The number of carbonyl (C=O) groups excluding carboxylic acids is 1. The number of amides is 1. The first-order valence-electron chi connectivity index (χ1n) is 7.44. The monoisotopic (exact) mass is 285 g/mol. The average Bonchev–Trinajstić information content (AvgIpc) is 2.95. The highest BCUT2D eigenvalue weighted by molar-refractivity contribution is 5.94. The zero-order chi connectivity index (χ0) is 14.7. The molecule has 0 aliphatic heterocycles. The third kappa shape index (κ3) is 3.29. The normalized spacial score (nSPS) is 15.9. The largest absolute Gasteiger partial charge is 0.349 e. The van der Waals surface area contributed by atoms with Crippen LogP contribution in [0.25, 0.3) is 11.5 Å². The summed E-state index contributed by atoms with van der Waals surface area (Å²) in [6.45, 7) is 1.78. The van der Waals surface area contributed by atoms with Crippen LogP contribution in [-0.4, -0.2) is 22.1 Å². The van der Waals surface area contributed by atoms with Crippen molar-refractivity contribution in [2.75, 3.05) is 0 Å². The van der Waals surface area contributed by atoms with E-state index in [-0.39, 0.29) is 5.91 Å². The number of nitrogens with zero attached hydrogens (tertiary/aromatic N) is 2. The van der Waals surface area contributed by atoms with E-state index in [2.05, 4.69) is 15.5 Å². The highest BCUT2D eigenvalue weighted by Crippen LogP contribution is 2.19. The first-order valence-corrected chi connectivity index (χ1v) is 7.44. The molecule has 3 rings (SSSR count). The van der Waals surface area contributed by atoms with Crippen molar-refractivity contribution in [1.82, 2.24) is 15.5 Å². The second-order valence-electron chi connectivity index (χ2n) is 5.53. The molecule has 110 valence electrons. The quantitative estimate of drug-likeness (QED) is 0.940. The number of rotatable bonds is 3. The summed E-state index contributed by atoms with van der Waals surface area (Å²) in [4.78, 5) is 16.4. The third-order valence-electron chi connectivity index (χ3n) is 3.86. The molecule has 2 aromatic rings. The topological polar surface area (TPSA) is 68.0 Å². The number of aromatic nitrogens is 2. The van der Waals surface area contributed by atoms with Gasteiger partial charge in [-0.15, -0.1) is 0 Å². The van der Waals surface area contributed by atoms with E-state index >= 15 is 0 Å². The zero-order valence-corrected chi connectivity index (χ0v) is 12.1. The summed E-state index contributed by atoms with van der Waals surface area (Å²) >= 11 is 0. The summed E-state index contributed by atoms with van der Waals surface area (Å²) in [6, 6.07) is 7.59. The molecular formula is C16H19N3O2. The van der Waals surface area contributed by atoms with Crippen molar-refractivity contribution < 1.29 is 9.32 Å². The molecule has 1 aliphatic rings. The molecule has 1 aliphatic carbocycles. The Hall–Kier alpha value is -2.17. The third-order valence-corrected chi connectivity index (χ3v) is 3.86. The van der Waals surface area contributed by atoms with Crippen molar-refractivity contribution in [3.8, 4) is 11.5 Å². The van der Waals surface area contributed by atoms with Crippen molar-refractivity contribution in [3.63, 3.8) is 0 Å². The molecule has 0 radical (unpaired) electrons. The van der Waals surface area contributed by atoms with Gasteiger partial charge in [0.2, 0.25) is 0 Å². The second-order valence-corrected chi connectivity index (χ2v) is 5.53. The molecule has 1 heterocycles. The number of benzene rings is 1. The molecule has 0 bridgehead atoms. The fourth-order valence-electron chi connectivity index (χ4n) is 2.69. The van der Waals surface area contributed by atoms with Crippen molar-refractivity contribution in [2.24, 2.45) is 0 Å². The molecule has 0 saturated heterocycles. The van der Waals surface area contributed by atoms with Crippen molar-refractivity contribution >= 4 is 5.91 Å². The standard InChI is InChI=1S/C16H19N3O2/c1-11-17-16(21-19-11)13-9-7-12(8-10-13)15(20)18-14-5-3-2-4-6-14/h7-10,14H,2-6H2,1H3,(H,18,20). The van der Waals surface area contributed by atoms with Crippen LogP contribution in [0.5, 0.6) is 0 Å². The fourth-order valence-corrected chi connectivity index (χ4v) is 2.69. The van der Waals surface area contributed by atoms with Gasteiger partial charge in [-0.1, -0.05) is 24.4 Å². The Balaban J connectivity index is 1.67. The van der Waals surface area contributed by atoms with Gasteiger partial charge in [0.15, 0.2) is 5.82 Å². The van der Waals surface area contributed by atoms with Crippen LogP contribution in [0, 0.1) is 6.92 Å². The maximum atomic E-state index is 12.2. The van der Waals surface area contributed by atoms with Gasteiger partial charge >= 0.3 is 0 Å². The van der Waals surface area contributed by atoms with Crippen molar-refractivity contribution in [1.29, 1.82) is 0 Å². The Bertz CT molecular complexity index is 613. The molecule has 1 N–H and O–H groups in total. The molecule has 5 heteroatoms. The maximum Gasteiger partial charge on any atom is 0.257 e. The van der Waals surface area contributed by atoms with Crippen LogP contribution in [0.15, 0.2) is 28.8 Å². The van der Waals surface area contributed by atoms with E-state index < -0.39 is 0 Å². The molecule has 0 unspecified atom stereocenters. The first-order chi connectivity index (χ1) is 10.2. The van der Waals surface area contributed by atoms with Crippen molar-refractivity contribution in [2.45, 2.75) is 45.1 Å². The predicted octanol–water partition coefficient (Wildman–Crippen LogP) is 3.11. The van der Waals surface area contributed by atoms with Gasteiger partial charge in [-0.05, 0) is 44.0 Å². The lowest BCUT2D eigenvalue weighted by molar-refractivity contribution is 0.0927. The summed E-state index contributed by atoms with van der Waals surface area (Å²) in [5.74, 6) is 1.08. The molecule has 1 saturated carbocycles. The van der Waals surface area contributed by atoms with Crippen LogP contribution in [0.1, 0.15) is 48.3 Å². The molecule has 21 heavy (non-hydrogen) atoms. The summed E-state index contributed by atoms with van der Waals surface area (Å²) < 4.78 is 5.11. The molecule has 0 spiro atoms. The molecule has 0 atom stereocenters. The highest BCUT2D eigenvalue weighted by Gasteiger charge is 2.16. The van der Waals surface area contributed by atoms with Gasteiger partial charge in [-0.25, -0.2) is 0 Å². The van der Waals surface area contributed by atoms with Crippen LogP contribution in [-0.2, 0) is 0 Å². The Morgan fingerprint density at radius 2 is 1.90 bits per heavy atom. The summed E-state index contributed by atoms with van der Waals surface area (Å²) in [7, 11) is 0. The summed E-state index contributed by atoms with van der Waals surface area (Å²) in [5.41, 5.74) is 1.49. The van der Waals surface area contributed by atoms with Crippen molar-refractivity contribution in [3.05, 3.63) is 35.7 Å². The number of carbonyl (C=O) groups is 1. The zero-order valence-electron chi connectivity index (χ0n) is 12.1. The van der Waals surface area contributed by atoms with Gasteiger partial charge in [0, 0.05) is 17.2 Å². The molecular weight excluding hydrogens is 266 g/mol. The smallest absolute Gasteiger partial charge is 0.257 e. The first kappa shape index (κ1) is 13.8. The number of hydrogen-bond donors (Lipinski definition) is 1. The SMILES string of the molecule is Cc1noc(-c2ccc(C(=O)NC3CCCCC3)cc2)n1. The minimum Gasteiger partial charge on any atom is -0.349 e.